The zero-order chi connectivity index (χ0) is 13.5. The highest BCUT2D eigenvalue weighted by Crippen LogP contribution is 2.17. The zero-order valence-corrected chi connectivity index (χ0v) is 12.0. The third-order valence-electron chi connectivity index (χ3n) is 3.46. The summed E-state index contributed by atoms with van der Waals surface area (Å²) in [6, 6.07) is 6.87. The highest BCUT2D eigenvalue weighted by molar-refractivity contribution is 5.16. The van der Waals surface area contributed by atoms with Crippen LogP contribution in [0.4, 0.5) is 4.39 Å². The van der Waals surface area contributed by atoms with Gasteiger partial charge in [0.15, 0.2) is 0 Å². The molecule has 0 saturated heterocycles. The quantitative estimate of drug-likeness (QED) is 0.775. The fourth-order valence-electron chi connectivity index (χ4n) is 1.99. The van der Waals surface area contributed by atoms with Crippen LogP contribution in [-0.4, -0.2) is 13.1 Å². The van der Waals surface area contributed by atoms with Crippen molar-refractivity contribution in [3.05, 3.63) is 35.6 Å². The summed E-state index contributed by atoms with van der Waals surface area (Å²) in [6.45, 7) is 11.1. The number of halogens is 1. The molecule has 2 atom stereocenters. The number of benzene rings is 1. The van der Waals surface area contributed by atoms with Gasteiger partial charge in [-0.05, 0) is 55.0 Å². The maximum absolute atomic E-state index is 12.8. The van der Waals surface area contributed by atoms with E-state index in [1.54, 1.807) is 12.1 Å². The molecule has 1 N–H and O–H groups in total. The Kier molecular flexibility index (Phi) is 6.34. The van der Waals surface area contributed by atoms with Crippen molar-refractivity contribution in [3.8, 4) is 0 Å². The van der Waals surface area contributed by atoms with Crippen LogP contribution in [-0.2, 0) is 6.42 Å². The van der Waals surface area contributed by atoms with Crippen LogP contribution in [0, 0.1) is 23.6 Å². The average molecular weight is 251 g/mol. The largest absolute Gasteiger partial charge is 0.316 e. The highest BCUT2D eigenvalue weighted by atomic mass is 19.1. The van der Waals surface area contributed by atoms with Crippen LogP contribution in [0.2, 0.25) is 0 Å². The van der Waals surface area contributed by atoms with Gasteiger partial charge in [-0.25, -0.2) is 4.39 Å². The first-order valence-corrected chi connectivity index (χ1v) is 6.94. The Morgan fingerprint density at radius 3 is 2.11 bits per heavy atom. The van der Waals surface area contributed by atoms with E-state index in [4.69, 9.17) is 0 Å². The van der Waals surface area contributed by atoms with Gasteiger partial charge in [0.2, 0.25) is 0 Å². The zero-order valence-electron chi connectivity index (χ0n) is 12.0. The predicted molar refractivity (Wildman–Crippen MR) is 76.1 cm³/mol. The molecular weight excluding hydrogens is 225 g/mol. The van der Waals surface area contributed by atoms with Crippen LogP contribution >= 0.6 is 0 Å². The van der Waals surface area contributed by atoms with E-state index in [1.807, 2.05) is 12.1 Å². The molecule has 1 aromatic rings. The van der Waals surface area contributed by atoms with E-state index >= 15 is 0 Å². The molecule has 0 spiro atoms. The van der Waals surface area contributed by atoms with Gasteiger partial charge in [-0.1, -0.05) is 39.8 Å². The van der Waals surface area contributed by atoms with Crippen molar-refractivity contribution in [2.45, 2.75) is 34.1 Å². The molecule has 0 amide bonds. The van der Waals surface area contributed by atoms with Crippen molar-refractivity contribution < 1.29 is 4.39 Å². The van der Waals surface area contributed by atoms with E-state index in [2.05, 4.69) is 33.0 Å². The molecule has 1 aromatic carbocycles. The summed E-state index contributed by atoms with van der Waals surface area (Å²) in [4.78, 5) is 0. The molecule has 2 heteroatoms. The second-order valence-electron chi connectivity index (χ2n) is 5.84. The van der Waals surface area contributed by atoms with Crippen molar-refractivity contribution in [1.82, 2.24) is 5.32 Å². The van der Waals surface area contributed by atoms with Crippen LogP contribution in [0.5, 0.6) is 0 Å². The molecule has 1 rings (SSSR count). The topological polar surface area (TPSA) is 12.0 Å². The molecule has 0 aliphatic carbocycles. The summed E-state index contributed by atoms with van der Waals surface area (Å²) >= 11 is 0. The van der Waals surface area contributed by atoms with E-state index in [0.29, 0.717) is 17.8 Å². The lowest BCUT2D eigenvalue weighted by atomic mass is 9.89. The molecule has 102 valence electrons. The number of hydrogen-bond acceptors (Lipinski definition) is 1. The second-order valence-corrected chi connectivity index (χ2v) is 5.84. The Bertz CT molecular complexity index is 331. The van der Waals surface area contributed by atoms with E-state index in [1.165, 1.54) is 5.56 Å². The van der Waals surface area contributed by atoms with Gasteiger partial charge >= 0.3 is 0 Å². The minimum absolute atomic E-state index is 0.155. The molecule has 0 bridgehead atoms. The van der Waals surface area contributed by atoms with E-state index < -0.39 is 0 Å². The molecule has 18 heavy (non-hydrogen) atoms. The van der Waals surface area contributed by atoms with Gasteiger partial charge < -0.3 is 5.32 Å². The molecule has 0 radical (unpaired) electrons. The summed E-state index contributed by atoms with van der Waals surface area (Å²) in [5, 5.41) is 3.50. The third-order valence-corrected chi connectivity index (χ3v) is 3.46. The van der Waals surface area contributed by atoms with Crippen molar-refractivity contribution in [1.29, 1.82) is 0 Å². The van der Waals surface area contributed by atoms with Crippen LogP contribution in [0.25, 0.3) is 0 Å². The van der Waals surface area contributed by atoms with Gasteiger partial charge in [0, 0.05) is 0 Å². The van der Waals surface area contributed by atoms with Crippen LogP contribution < -0.4 is 5.32 Å². The van der Waals surface area contributed by atoms with Gasteiger partial charge in [0.05, 0.1) is 0 Å². The monoisotopic (exact) mass is 251 g/mol. The summed E-state index contributed by atoms with van der Waals surface area (Å²) < 4.78 is 12.8. The normalized spacial score (nSPS) is 14.8. The fraction of sp³-hybridized carbons (Fsp3) is 0.625. The molecule has 0 aliphatic heterocycles. The van der Waals surface area contributed by atoms with Gasteiger partial charge in [-0.3, -0.25) is 0 Å². The van der Waals surface area contributed by atoms with E-state index in [9.17, 15) is 4.39 Å². The molecule has 0 saturated carbocycles. The standard InChI is InChI=1S/C16H26FN/c1-12(2)10-18-11-14(4)13(3)9-15-5-7-16(17)8-6-15/h5-8,12-14,18H,9-11H2,1-4H3. The highest BCUT2D eigenvalue weighted by Gasteiger charge is 2.12. The average Bonchev–Trinajstić information content (AvgIpc) is 2.31. The molecule has 0 aromatic heterocycles. The van der Waals surface area contributed by atoms with Crippen molar-refractivity contribution in [2.75, 3.05) is 13.1 Å². The Morgan fingerprint density at radius 1 is 0.944 bits per heavy atom. The Morgan fingerprint density at radius 2 is 1.56 bits per heavy atom. The smallest absolute Gasteiger partial charge is 0.123 e. The lowest BCUT2D eigenvalue weighted by molar-refractivity contribution is 0.357. The third kappa shape index (κ3) is 5.63. The van der Waals surface area contributed by atoms with Crippen molar-refractivity contribution >= 4 is 0 Å². The minimum atomic E-state index is -0.155. The van der Waals surface area contributed by atoms with Gasteiger partial charge in [0.25, 0.3) is 0 Å². The van der Waals surface area contributed by atoms with Crippen LogP contribution in [0.3, 0.4) is 0 Å². The number of nitrogens with one attached hydrogen (secondary N) is 1. The molecule has 1 nitrogen and oxygen atoms in total. The molecular formula is C16H26FN. The molecule has 0 aliphatic rings. The van der Waals surface area contributed by atoms with E-state index in [-0.39, 0.29) is 5.82 Å². The first-order chi connectivity index (χ1) is 8.49. The Labute approximate surface area is 111 Å². The lowest BCUT2D eigenvalue weighted by Gasteiger charge is -2.21. The summed E-state index contributed by atoms with van der Waals surface area (Å²) in [5.74, 6) is 1.78. The second kappa shape index (κ2) is 7.52. The van der Waals surface area contributed by atoms with E-state index in [0.717, 1.165) is 19.5 Å². The van der Waals surface area contributed by atoms with Crippen LogP contribution in [0.15, 0.2) is 24.3 Å². The van der Waals surface area contributed by atoms with Gasteiger partial charge in [-0.2, -0.15) is 0 Å². The van der Waals surface area contributed by atoms with Crippen molar-refractivity contribution in [3.63, 3.8) is 0 Å². The molecule has 0 heterocycles. The first kappa shape index (κ1) is 15.2. The summed E-state index contributed by atoms with van der Waals surface area (Å²) in [6.07, 6.45) is 1.02. The number of hydrogen-bond donors (Lipinski definition) is 1. The minimum Gasteiger partial charge on any atom is -0.316 e. The maximum atomic E-state index is 12.8. The summed E-state index contributed by atoms with van der Waals surface area (Å²) in [7, 11) is 0. The lowest BCUT2D eigenvalue weighted by Crippen LogP contribution is -2.28. The van der Waals surface area contributed by atoms with Crippen LogP contribution in [0.1, 0.15) is 33.3 Å². The fourth-order valence-corrected chi connectivity index (χ4v) is 1.99. The van der Waals surface area contributed by atoms with Crippen molar-refractivity contribution in [2.24, 2.45) is 17.8 Å². The molecule has 2 unspecified atom stereocenters. The Hall–Kier alpha value is -0.890. The van der Waals surface area contributed by atoms with Gasteiger partial charge in [0.1, 0.15) is 5.82 Å². The summed E-state index contributed by atoms with van der Waals surface area (Å²) in [5.41, 5.74) is 1.22. The van der Waals surface area contributed by atoms with Gasteiger partial charge in [-0.15, -0.1) is 0 Å². The first-order valence-electron chi connectivity index (χ1n) is 6.94. The Balaban J connectivity index is 2.35. The SMILES string of the molecule is CC(C)CNCC(C)C(C)Cc1ccc(F)cc1. The predicted octanol–water partition coefficient (Wildman–Crippen LogP) is 3.89. The maximum Gasteiger partial charge on any atom is 0.123 e. The molecule has 0 fully saturated rings. The number of rotatable bonds is 7.